The van der Waals surface area contributed by atoms with Gasteiger partial charge in [0.05, 0.1) is 5.69 Å². The lowest BCUT2D eigenvalue weighted by Crippen LogP contribution is -2.54. The van der Waals surface area contributed by atoms with E-state index in [4.69, 9.17) is 16.3 Å². The van der Waals surface area contributed by atoms with Gasteiger partial charge in [-0.25, -0.2) is 14.1 Å². The Morgan fingerprint density at radius 2 is 1.76 bits per heavy atom. The van der Waals surface area contributed by atoms with E-state index in [2.05, 4.69) is 5.32 Å². The topological polar surface area (TPSA) is 75.7 Å². The normalized spacial score (nSPS) is 15.1. The molecule has 4 rings (SSSR count). The molecular formula is C25H18ClFN2O4. The van der Waals surface area contributed by atoms with Crippen LogP contribution in [0.25, 0.3) is 6.08 Å². The molecule has 0 aromatic heterocycles. The van der Waals surface area contributed by atoms with Gasteiger partial charge in [-0.15, -0.1) is 0 Å². The van der Waals surface area contributed by atoms with Gasteiger partial charge in [0.1, 0.15) is 23.7 Å². The van der Waals surface area contributed by atoms with Gasteiger partial charge in [-0.3, -0.25) is 14.9 Å². The van der Waals surface area contributed by atoms with E-state index in [0.29, 0.717) is 27.4 Å². The SMILES string of the molecule is Cc1ccccc1N1C(=O)NC(=O)/C(=C\c2cc(Cl)ccc2OCc2ccccc2F)C1=O. The van der Waals surface area contributed by atoms with Gasteiger partial charge in [0.15, 0.2) is 0 Å². The highest BCUT2D eigenvalue weighted by Crippen LogP contribution is 2.29. The van der Waals surface area contributed by atoms with Gasteiger partial charge in [0.2, 0.25) is 0 Å². The molecule has 0 saturated carbocycles. The standard InChI is InChI=1S/C25H18ClFN2O4/c1-15-6-2-5-9-21(15)29-24(31)19(23(30)28-25(29)32)13-17-12-18(26)10-11-22(17)33-14-16-7-3-4-8-20(16)27/h2-13H,14H2,1H3,(H,28,30,32)/b19-13+. The summed E-state index contributed by atoms with van der Waals surface area (Å²) in [7, 11) is 0. The minimum Gasteiger partial charge on any atom is -0.488 e. The number of nitrogens with one attached hydrogen (secondary N) is 1. The van der Waals surface area contributed by atoms with Crippen molar-refractivity contribution in [1.29, 1.82) is 0 Å². The van der Waals surface area contributed by atoms with Crippen molar-refractivity contribution in [3.63, 3.8) is 0 Å². The number of para-hydroxylation sites is 1. The van der Waals surface area contributed by atoms with Crippen LogP contribution >= 0.6 is 11.6 Å². The van der Waals surface area contributed by atoms with Gasteiger partial charge in [-0.05, 0) is 48.9 Å². The van der Waals surface area contributed by atoms with Crippen LogP contribution in [0.1, 0.15) is 16.7 Å². The highest BCUT2D eigenvalue weighted by molar-refractivity contribution is 6.39. The number of aryl methyl sites for hydroxylation is 1. The molecule has 166 valence electrons. The van der Waals surface area contributed by atoms with Crippen molar-refractivity contribution in [3.05, 3.63) is 99.8 Å². The van der Waals surface area contributed by atoms with Crippen molar-refractivity contribution >= 4 is 41.2 Å². The van der Waals surface area contributed by atoms with E-state index in [-0.39, 0.29) is 17.9 Å². The van der Waals surface area contributed by atoms with Crippen LogP contribution in [0.15, 0.2) is 72.3 Å². The molecule has 1 saturated heterocycles. The molecule has 0 atom stereocenters. The van der Waals surface area contributed by atoms with E-state index < -0.39 is 23.7 Å². The molecular weight excluding hydrogens is 447 g/mol. The van der Waals surface area contributed by atoms with Crippen LogP contribution in [0.2, 0.25) is 5.02 Å². The molecule has 0 bridgehead atoms. The summed E-state index contributed by atoms with van der Waals surface area (Å²) in [5.41, 5.74) is 1.45. The molecule has 1 heterocycles. The highest BCUT2D eigenvalue weighted by atomic mass is 35.5. The van der Waals surface area contributed by atoms with Crippen LogP contribution in [-0.2, 0) is 16.2 Å². The molecule has 1 aliphatic heterocycles. The largest absolute Gasteiger partial charge is 0.488 e. The summed E-state index contributed by atoms with van der Waals surface area (Å²) in [6, 6.07) is 16.8. The average molecular weight is 465 g/mol. The number of imide groups is 2. The number of nitrogens with zero attached hydrogens (tertiary/aromatic N) is 1. The summed E-state index contributed by atoms with van der Waals surface area (Å²) in [6.07, 6.45) is 1.30. The number of carbonyl (C=O) groups is 3. The monoisotopic (exact) mass is 464 g/mol. The van der Waals surface area contributed by atoms with E-state index >= 15 is 0 Å². The minimum absolute atomic E-state index is 0.0710. The van der Waals surface area contributed by atoms with Gasteiger partial charge in [-0.2, -0.15) is 0 Å². The zero-order chi connectivity index (χ0) is 23.5. The Balaban J connectivity index is 1.70. The first-order chi connectivity index (χ1) is 15.8. The smallest absolute Gasteiger partial charge is 0.335 e. The van der Waals surface area contributed by atoms with Crippen molar-refractivity contribution < 1.29 is 23.5 Å². The first-order valence-corrected chi connectivity index (χ1v) is 10.4. The maximum atomic E-state index is 14.0. The Morgan fingerprint density at radius 3 is 2.52 bits per heavy atom. The summed E-state index contributed by atoms with van der Waals surface area (Å²) in [6.45, 7) is 1.68. The molecule has 1 fully saturated rings. The molecule has 3 aromatic carbocycles. The Morgan fingerprint density at radius 1 is 1.03 bits per heavy atom. The third-order valence-corrected chi connectivity index (χ3v) is 5.31. The van der Waals surface area contributed by atoms with E-state index in [9.17, 15) is 18.8 Å². The van der Waals surface area contributed by atoms with E-state index in [1.807, 2.05) is 0 Å². The fourth-order valence-corrected chi connectivity index (χ4v) is 3.56. The molecule has 0 aliphatic carbocycles. The van der Waals surface area contributed by atoms with Crippen molar-refractivity contribution in [3.8, 4) is 5.75 Å². The highest BCUT2D eigenvalue weighted by Gasteiger charge is 2.37. The van der Waals surface area contributed by atoms with Crippen LogP contribution in [-0.4, -0.2) is 17.8 Å². The summed E-state index contributed by atoms with van der Waals surface area (Å²) >= 11 is 6.12. The zero-order valence-electron chi connectivity index (χ0n) is 17.5. The fraction of sp³-hybridized carbons (Fsp3) is 0.0800. The van der Waals surface area contributed by atoms with E-state index in [0.717, 1.165) is 4.90 Å². The van der Waals surface area contributed by atoms with Crippen molar-refractivity contribution in [2.24, 2.45) is 0 Å². The summed E-state index contributed by atoms with van der Waals surface area (Å²) in [5, 5.41) is 2.53. The number of amides is 4. The quantitative estimate of drug-likeness (QED) is 0.424. The molecule has 3 aromatic rings. The third kappa shape index (κ3) is 4.63. The first-order valence-electron chi connectivity index (χ1n) is 9.98. The Kier molecular flexibility index (Phi) is 6.24. The molecule has 6 nitrogen and oxygen atoms in total. The summed E-state index contributed by atoms with van der Waals surface area (Å²) in [5.74, 6) is -1.75. The van der Waals surface area contributed by atoms with E-state index in [1.54, 1.807) is 61.5 Å². The number of halogens is 2. The lowest BCUT2D eigenvalue weighted by atomic mass is 10.0. The Labute approximate surface area is 194 Å². The lowest BCUT2D eigenvalue weighted by Gasteiger charge is -2.27. The second kappa shape index (κ2) is 9.26. The minimum atomic E-state index is -0.838. The van der Waals surface area contributed by atoms with E-state index in [1.165, 1.54) is 18.2 Å². The zero-order valence-corrected chi connectivity index (χ0v) is 18.2. The number of carbonyl (C=O) groups excluding carboxylic acids is 3. The Hall–Kier alpha value is -3.97. The number of hydrogen-bond donors (Lipinski definition) is 1. The van der Waals surface area contributed by atoms with Gasteiger partial charge >= 0.3 is 6.03 Å². The summed E-state index contributed by atoms with van der Waals surface area (Å²) < 4.78 is 19.7. The number of barbiturate groups is 1. The number of urea groups is 1. The predicted molar refractivity (Wildman–Crippen MR) is 122 cm³/mol. The van der Waals surface area contributed by atoms with Gasteiger partial charge in [-0.1, -0.05) is 48.0 Å². The molecule has 8 heteroatoms. The number of ether oxygens (including phenoxy) is 1. The molecule has 1 N–H and O–H groups in total. The number of rotatable bonds is 5. The third-order valence-electron chi connectivity index (χ3n) is 5.07. The van der Waals surface area contributed by atoms with Crippen LogP contribution in [0, 0.1) is 12.7 Å². The summed E-state index contributed by atoms with van der Waals surface area (Å²) in [4.78, 5) is 39.1. The maximum absolute atomic E-state index is 14.0. The second-order valence-electron chi connectivity index (χ2n) is 7.31. The first kappa shape index (κ1) is 22.2. The molecule has 33 heavy (non-hydrogen) atoms. The molecule has 1 aliphatic rings. The Bertz CT molecular complexity index is 1310. The fourth-order valence-electron chi connectivity index (χ4n) is 3.38. The maximum Gasteiger partial charge on any atom is 0.335 e. The molecule has 4 amide bonds. The molecule has 0 radical (unpaired) electrons. The number of benzene rings is 3. The van der Waals surface area contributed by atoms with Crippen molar-refractivity contribution in [2.75, 3.05) is 4.90 Å². The lowest BCUT2D eigenvalue weighted by molar-refractivity contribution is -0.122. The molecule has 0 spiro atoms. The average Bonchev–Trinajstić information content (AvgIpc) is 2.78. The van der Waals surface area contributed by atoms with Crippen molar-refractivity contribution in [1.82, 2.24) is 5.32 Å². The van der Waals surface area contributed by atoms with Crippen LogP contribution in [0.5, 0.6) is 5.75 Å². The van der Waals surface area contributed by atoms with Gasteiger partial charge < -0.3 is 4.74 Å². The van der Waals surface area contributed by atoms with Crippen LogP contribution in [0.4, 0.5) is 14.9 Å². The van der Waals surface area contributed by atoms with Crippen molar-refractivity contribution in [2.45, 2.75) is 13.5 Å². The number of hydrogen-bond acceptors (Lipinski definition) is 4. The van der Waals surface area contributed by atoms with Gasteiger partial charge in [0.25, 0.3) is 11.8 Å². The van der Waals surface area contributed by atoms with Crippen LogP contribution in [0.3, 0.4) is 0 Å². The predicted octanol–water partition coefficient (Wildman–Crippen LogP) is 5.03. The second-order valence-corrected chi connectivity index (χ2v) is 7.74. The molecule has 0 unspecified atom stereocenters. The van der Waals surface area contributed by atoms with Gasteiger partial charge in [0, 0.05) is 16.1 Å². The number of anilines is 1. The van der Waals surface area contributed by atoms with Crippen LogP contribution < -0.4 is 15.0 Å².